The Bertz CT molecular complexity index is 502. The van der Waals surface area contributed by atoms with Gasteiger partial charge in [0.2, 0.25) is 0 Å². The van der Waals surface area contributed by atoms with Crippen LogP contribution in [0.4, 0.5) is 8.78 Å². The summed E-state index contributed by atoms with van der Waals surface area (Å²) < 4.78 is 28.0. The van der Waals surface area contributed by atoms with Crippen molar-refractivity contribution in [2.45, 2.75) is 12.5 Å². The highest BCUT2D eigenvalue weighted by Crippen LogP contribution is 2.32. The normalized spacial score (nSPS) is 16.3. The van der Waals surface area contributed by atoms with Gasteiger partial charge in [0.1, 0.15) is 11.6 Å². The number of benzene rings is 1. The zero-order valence-electron chi connectivity index (χ0n) is 11.1. The van der Waals surface area contributed by atoms with E-state index < -0.39 is 17.7 Å². The van der Waals surface area contributed by atoms with Crippen LogP contribution in [0.5, 0.6) is 0 Å². The standard InChI is InChI=1S/C13H14ClF2N3.2ClH/c14-9-1-2-10(15)12(13(9)16)11(3-4-17)19-7-5-18-6-8-19;;/h1-2,11,18H,3,5-8H2;2*1H/t11-;;/m0../s1. The van der Waals surface area contributed by atoms with Crippen molar-refractivity contribution in [3.63, 3.8) is 0 Å². The van der Waals surface area contributed by atoms with Crippen LogP contribution < -0.4 is 5.32 Å². The average Bonchev–Trinajstić information content (AvgIpc) is 2.43. The minimum absolute atomic E-state index is 0. The number of hydrogen-bond donors (Lipinski definition) is 1. The maximum atomic E-state index is 14.1. The maximum absolute atomic E-state index is 14.1. The van der Waals surface area contributed by atoms with Crippen molar-refractivity contribution < 1.29 is 8.78 Å². The van der Waals surface area contributed by atoms with Crippen LogP contribution >= 0.6 is 36.4 Å². The van der Waals surface area contributed by atoms with Gasteiger partial charge in [0.25, 0.3) is 0 Å². The molecule has 2 rings (SSSR count). The molecule has 0 spiro atoms. The first kappa shape index (κ1) is 20.4. The number of hydrogen-bond acceptors (Lipinski definition) is 3. The highest BCUT2D eigenvalue weighted by atomic mass is 35.5. The molecular formula is C13H16Cl3F2N3. The zero-order chi connectivity index (χ0) is 13.8. The Kier molecular flexibility index (Phi) is 9.11. The largest absolute Gasteiger partial charge is 0.314 e. The summed E-state index contributed by atoms with van der Waals surface area (Å²) >= 11 is 5.71. The van der Waals surface area contributed by atoms with E-state index in [0.29, 0.717) is 13.1 Å². The molecule has 0 aromatic heterocycles. The number of nitrogens with one attached hydrogen (secondary N) is 1. The van der Waals surface area contributed by atoms with Crippen LogP contribution in [0.1, 0.15) is 18.0 Å². The topological polar surface area (TPSA) is 39.1 Å². The SMILES string of the molecule is Cl.Cl.N#CC[C@@H](c1c(F)ccc(Cl)c1F)N1CCNCC1. The Morgan fingerprint density at radius 2 is 1.90 bits per heavy atom. The van der Waals surface area contributed by atoms with Gasteiger partial charge in [-0.05, 0) is 12.1 Å². The Morgan fingerprint density at radius 1 is 1.29 bits per heavy atom. The van der Waals surface area contributed by atoms with Gasteiger partial charge in [-0.15, -0.1) is 24.8 Å². The van der Waals surface area contributed by atoms with Crippen molar-refractivity contribution in [3.05, 3.63) is 34.4 Å². The van der Waals surface area contributed by atoms with Gasteiger partial charge < -0.3 is 5.32 Å². The fourth-order valence-corrected chi connectivity index (χ4v) is 2.51. The van der Waals surface area contributed by atoms with E-state index in [2.05, 4.69) is 5.32 Å². The van der Waals surface area contributed by atoms with E-state index >= 15 is 0 Å². The van der Waals surface area contributed by atoms with Gasteiger partial charge in [-0.1, -0.05) is 11.6 Å². The fraction of sp³-hybridized carbons (Fsp3) is 0.462. The maximum Gasteiger partial charge on any atom is 0.149 e. The molecule has 0 saturated carbocycles. The molecule has 0 amide bonds. The lowest BCUT2D eigenvalue weighted by Gasteiger charge is -2.34. The minimum atomic E-state index is -0.763. The summed E-state index contributed by atoms with van der Waals surface area (Å²) in [6.07, 6.45) is 0.0359. The van der Waals surface area contributed by atoms with E-state index in [9.17, 15) is 8.78 Å². The summed E-state index contributed by atoms with van der Waals surface area (Å²) in [5.41, 5.74) is -0.101. The molecule has 1 fully saturated rings. The van der Waals surface area contributed by atoms with E-state index in [1.54, 1.807) is 0 Å². The zero-order valence-corrected chi connectivity index (χ0v) is 13.5. The number of nitrogens with zero attached hydrogens (tertiary/aromatic N) is 2. The first-order valence-corrected chi connectivity index (χ1v) is 6.48. The van der Waals surface area contributed by atoms with Crippen molar-refractivity contribution >= 4 is 36.4 Å². The number of halogens is 5. The molecule has 1 N–H and O–H groups in total. The third kappa shape index (κ3) is 4.67. The molecule has 1 aromatic rings. The molecule has 0 unspecified atom stereocenters. The summed E-state index contributed by atoms with van der Waals surface area (Å²) in [4.78, 5) is 1.91. The smallest absolute Gasteiger partial charge is 0.149 e. The summed E-state index contributed by atoms with van der Waals surface area (Å²) in [5, 5.41) is 12.0. The Labute approximate surface area is 140 Å². The van der Waals surface area contributed by atoms with Crippen LogP contribution in [0.15, 0.2) is 12.1 Å². The Morgan fingerprint density at radius 3 is 2.48 bits per heavy atom. The highest BCUT2D eigenvalue weighted by Gasteiger charge is 2.28. The Balaban J connectivity index is 0.00000200. The van der Waals surface area contributed by atoms with Gasteiger partial charge in [0.05, 0.1) is 23.6 Å². The molecule has 0 aliphatic carbocycles. The second kappa shape index (κ2) is 9.39. The molecule has 0 radical (unpaired) electrons. The fourth-order valence-electron chi connectivity index (χ4n) is 2.34. The van der Waals surface area contributed by atoms with Gasteiger partial charge in [-0.25, -0.2) is 8.78 Å². The third-order valence-electron chi connectivity index (χ3n) is 3.29. The Hall–Kier alpha value is -0.640. The second-order valence-electron chi connectivity index (χ2n) is 4.42. The molecule has 1 aromatic carbocycles. The van der Waals surface area contributed by atoms with Gasteiger partial charge in [0, 0.05) is 31.7 Å². The van der Waals surface area contributed by atoms with E-state index in [1.165, 1.54) is 6.07 Å². The van der Waals surface area contributed by atoms with Crippen molar-refractivity contribution in [1.82, 2.24) is 10.2 Å². The average molecular weight is 359 g/mol. The van der Waals surface area contributed by atoms with Gasteiger partial charge in [0.15, 0.2) is 0 Å². The molecule has 0 bridgehead atoms. The lowest BCUT2D eigenvalue weighted by Crippen LogP contribution is -2.45. The van der Waals surface area contributed by atoms with Crippen LogP contribution in [-0.2, 0) is 0 Å². The number of nitriles is 1. The summed E-state index contributed by atoms with van der Waals surface area (Å²) in [6, 6.07) is 3.74. The van der Waals surface area contributed by atoms with Gasteiger partial charge >= 0.3 is 0 Å². The van der Waals surface area contributed by atoms with Crippen LogP contribution in [0.3, 0.4) is 0 Å². The van der Waals surface area contributed by atoms with Gasteiger partial charge in [-0.2, -0.15) is 5.26 Å². The highest BCUT2D eigenvalue weighted by molar-refractivity contribution is 6.30. The summed E-state index contributed by atoms with van der Waals surface area (Å²) in [6.45, 7) is 2.78. The molecule has 3 nitrogen and oxygen atoms in total. The summed E-state index contributed by atoms with van der Waals surface area (Å²) in [7, 11) is 0. The molecular weight excluding hydrogens is 343 g/mol. The lowest BCUT2D eigenvalue weighted by atomic mass is 10.0. The minimum Gasteiger partial charge on any atom is -0.314 e. The number of piperazine rings is 1. The lowest BCUT2D eigenvalue weighted by molar-refractivity contribution is 0.169. The van der Waals surface area contributed by atoms with Crippen molar-refractivity contribution in [2.24, 2.45) is 0 Å². The third-order valence-corrected chi connectivity index (χ3v) is 3.58. The van der Waals surface area contributed by atoms with E-state index in [1.807, 2.05) is 11.0 Å². The first-order chi connectivity index (χ1) is 9.15. The van der Waals surface area contributed by atoms with E-state index in [4.69, 9.17) is 16.9 Å². The van der Waals surface area contributed by atoms with Gasteiger partial charge in [-0.3, -0.25) is 4.90 Å². The van der Waals surface area contributed by atoms with Crippen LogP contribution in [0.25, 0.3) is 0 Å². The molecule has 1 saturated heterocycles. The molecule has 1 atom stereocenters. The molecule has 1 aliphatic heterocycles. The molecule has 1 aliphatic rings. The van der Waals surface area contributed by atoms with Crippen molar-refractivity contribution in [3.8, 4) is 6.07 Å². The van der Waals surface area contributed by atoms with E-state index in [0.717, 1.165) is 19.2 Å². The predicted octanol–water partition coefficient (Wildman–Crippen LogP) is 3.32. The molecule has 1 heterocycles. The monoisotopic (exact) mass is 357 g/mol. The molecule has 118 valence electrons. The van der Waals surface area contributed by atoms with Crippen molar-refractivity contribution in [2.75, 3.05) is 26.2 Å². The molecule has 8 heteroatoms. The molecule has 21 heavy (non-hydrogen) atoms. The van der Waals surface area contributed by atoms with Crippen LogP contribution in [-0.4, -0.2) is 31.1 Å². The van der Waals surface area contributed by atoms with E-state index in [-0.39, 0.29) is 41.8 Å². The quantitative estimate of drug-likeness (QED) is 0.843. The second-order valence-corrected chi connectivity index (χ2v) is 4.83. The number of rotatable bonds is 3. The van der Waals surface area contributed by atoms with Crippen molar-refractivity contribution in [1.29, 1.82) is 5.26 Å². The predicted molar refractivity (Wildman–Crippen MR) is 83.3 cm³/mol. The summed E-state index contributed by atoms with van der Waals surface area (Å²) in [5.74, 6) is -1.42. The van der Waals surface area contributed by atoms with Crippen LogP contribution in [0.2, 0.25) is 5.02 Å². The first-order valence-electron chi connectivity index (χ1n) is 6.10. The van der Waals surface area contributed by atoms with Crippen LogP contribution in [0, 0.1) is 23.0 Å².